The molecule has 2 aromatic carbocycles. The number of aromatic hydroxyl groups is 1. The van der Waals surface area contributed by atoms with E-state index in [9.17, 15) is 9.90 Å². The summed E-state index contributed by atoms with van der Waals surface area (Å²) in [5.41, 5.74) is 5.55. The first-order valence-electron chi connectivity index (χ1n) is 7.93. The van der Waals surface area contributed by atoms with Crippen molar-refractivity contribution < 1.29 is 5.11 Å². The summed E-state index contributed by atoms with van der Waals surface area (Å²) in [6.07, 6.45) is 3.58. The fourth-order valence-corrected chi connectivity index (χ4v) is 3.79. The molecule has 0 radical (unpaired) electrons. The van der Waals surface area contributed by atoms with Gasteiger partial charge in [0.2, 0.25) is 5.88 Å². The highest BCUT2D eigenvalue weighted by Crippen LogP contribution is 2.35. The Morgan fingerprint density at radius 2 is 1.92 bits per heavy atom. The predicted octanol–water partition coefficient (Wildman–Crippen LogP) is 4.48. The van der Waals surface area contributed by atoms with Crippen molar-refractivity contribution in [2.24, 2.45) is 4.99 Å². The van der Waals surface area contributed by atoms with Crippen LogP contribution in [0.4, 0.5) is 5.69 Å². The van der Waals surface area contributed by atoms with Crippen LogP contribution in [0, 0.1) is 13.8 Å². The van der Waals surface area contributed by atoms with Gasteiger partial charge in [0, 0.05) is 17.4 Å². The summed E-state index contributed by atoms with van der Waals surface area (Å²) in [5.74, 6) is -0.0334. The molecule has 0 saturated carbocycles. The van der Waals surface area contributed by atoms with Gasteiger partial charge in [-0.3, -0.25) is 9.79 Å². The maximum absolute atomic E-state index is 12.5. The number of thiazole rings is 1. The number of hydrogen-bond acceptors (Lipinski definition) is 4. The zero-order valence-corrected chi connectivity index (χ0v) is 14.7. The highest BCUT2D eigenvalue weighted by atomic mass is 32.1. The van der Waals surface area contributed by atoms with Gasteiger partial charge in [-0.05, 0) is 43.2 Å². The van der Waals surface area contributed by atoms with E-state index in [4.69, 9.17) is 0 Å². The summed E-state index contributed by atoms with van der Waals surface area (Å²) in [7, 11) is 0. The molecule has 25 heavy (non-hydrogen) atoms. The molecule has 0 unspecified atom stereocenters. The minimum absolute atomic E-state index is 0.0334. The average molecular weight is 348 g/mol. The Morgan fingerprint density at radius 3 is 2.76 bits per heavy atom. The lowest BCUT2D eigenvalue weighted by molar-refractivity contribution is 0.439. The Bertz CT molecular complexity index is 1100. The van der Waals surface area contributed by atoms with Gasteiger partial charge in [0.25, 0.3) is 0 Å². The lowest BCUT2D eigenvalue weighted by Crippen LogP contribution is -2.11. The van der Waals surface area contributed by atoms with E-state index in [0.717, 1.165) is 39.3 Å². The molecule has 4 rings (SSSR count). The van der Waals surface area contributed by atoms with Gasteiger partial charge in [-0.25, -0.2) is 4.57 Å². The molecule has 1 aliphatic rings. The predicted molar refractivity (Wildman–Crippen MR) is 104 cm³/mol. The molecule has 0 aliphatic carbocycles. The number of hydrogen-bond donors (Lipinski definition) is 1. The van der Waals surface area contributed by atoms with Crippen molar-refractivity contribution in [1.29, 1.82) is 0 Å². The number of aromatic nitrogens is 1. The van der Waals surface area contributed by atoms with Crippen LogP contribution in [0.2, 0.25) is 0 Å². The maximum Gasteiger partial charge on any atom is 0.315 e. The monoisotopic (exact) mass is 348 g/mol. The summed E-state index contributed by atoms with van der Waals surface area (Å²) < 4.78 is 1.37. The summed E-state index contributed by atoms with van der Waals surface area (Å²) in [5, 5.41) is 10.7. The van der Waals surface area contributed by atoms with Gasteiger partial charge < -0.3 is 5.11 Å². The molecule has 1 aromatic heterocycles. The van der Waals surface area contributed by atoms with E-state index in [1.807, 2.05) is 62.4 Å². The highest BCUT2D eigenvalue weighted by Gasteiger charge is 2.18. The molecule has 0 atom stereocenters. The van der Waals surface area contributed by atoms with Crippen molar-refractivity contribution in [2.45, 2.75) is 13.8 Å². The summed E-state index contributed by atoms with van der Waals surface area (Å²) in [6, 6.07) is 13.5. The van der Waals surface area contributed by atoms with Gasteiger partial charge >= 0.3 is 4.87 Å². The van der Waals surface area contributed by atoms with Crippen molar-refractivity contribution in [3.05, 3.63) is 73.7 Å². The molecule has 3 aromatic rings. The van der Waals surface area contributed by atoms with Crippen LogP contribution in [0.1, 0.15) is 21.6 Å². The SMILES string of the molecule is Cc1cccc(-n2c(O)c(C=C3C=Nc4ccccc43)sc2=O)c1C. The van der Waals surface area contributed by atoms with E-state index in [1.54, 1.807) is 6.21 Å². The van der Waals surface area contributed by atoms with Crippen LogP contribution in [0.15, 0.2) is 52.3 Å². The van der Waals surface area contributed by atoms with E-state index < -0.39 is 0 Å². The number of allylic oxidation sites excluding steroid dienone is 1. The quantitative estimate of drug-likeness (QED) is 0.742. The molecule has 2 heterocycles. The third-order valence-corrected chi connectivity index (χ3v) is 5.35. The van der Waals surface area contributed by atoms with Crippen LogP contribution >= 0.6 is 11.3 Å². The zero-order chi connectivity index (χ0) is 17.6. The van der Waals surface area contributed by atoms with Crippen LogP contribution in [0.25, 0.3) is 17.3 Å². The first kappa shape index (κ1) is 15.6. The first-order valence-corrected chi connectivity index (χ1v) is 8.74. The average Bonchev–Trinajstić information content (AvgIpc) is 3.13. The lowest BCUT2D eigenvalue weighted by atomic mass is 10.1. The molecular weight excluding hydrogens is 332 g/mol. The van der Waals surface area contributed by atoms with E-state index in [-0.39, 0.29) is 10.8 Å². The van der Waals surface area contributed by atoms with Gasteiger partial charge in [0.15, 0.2) is 0 Å². The Morgan fingerprint density at radius 1 is 1.12 bits per heavy atom. The van der Waals surface area contributed by atoms with Crippen molar-refractivity contribution in [3.63, 3.8) is 0 Å². The van der Waals surface area contributed by atoms with Gasteiger partial charge in [0.1, 0.15) is 0 Å². The largest absolute Gasteiger partial charge is 0.493 e. The topological polar surface area (TPSA) is 54.6 Å². The van der Waals surface area contributed by atoms with E-state index in [0.29, 0.717) is 10.6 Å². The molecule has 1 aliphatic heterocycles. The number of nitrogens with zero attached hydrogens (tertiary/aromatic N) is 2. The maximum atomic E-state index is 12.5. The Labute approximate surface area is 149 Å². The molecule has 0 fully saturated rings. The van der Waals surface area contributed by atoms with Crippen molar-refractivity contribution in [2.75, 3.05) is 0 Å². The standard InChI is InChI=1S/C20H16N2O2S/c1-12-6-5-9-17(13(12)2)22-19(23)18(25-20(22)24)10-14-11-21-16-8-4-3-7-15(14)16/h3-11,23H,1-2H3. The summed E-state index contributed by atoms with van der Waals surface area (Å²) in [4.78, 5) is 17.2. The van der Waals surface area contributed by atoms with Crippen LogP contribution in [-0.2, 0) is 0 Å². The lowest BCUT2D eigenvalue weighted by Gasteiger charge is -2.09. The summed E-state index contributed by atoms with van der Waals surface area (Å²) in [6.45, 7) is 3.94. The van der Waals surface area contributed by atoms with Gasteiger partial charge in [0.05, 0.1) is 16.3 Å². The number of fused-ring (bicyclic) bond motifs is 1. The van der Waals surface area contributed by atoms with Crippen LogP contribution < -0.4 is 4.87 Å². The van der Waals surface area contributed by atoms with Crippen LogP contribution in [-0.4, -0.2) is 15.9 Å². The highest BCUT2D eigenvalue weighted by molar-refractivity contribution is 7.10. The number of para-hydroxylation sites is 1. The molecular formula is C20H16N2O2S. The minimum Gasteiger partial charge on any atom is -0.493 e. The Balaban J connectivity index is 1.85. The first-order chi connectivity index (χ1) is 12.1. The second-order valence-electron chi connectivity index (χ2n) is 5.99. The van der Waals surface area contributed by atoms with Crippen molar-refractivity contribution in [1.82, 2.24) is 4.57 Å². The van der Waals surface area contributed by atoms with E-state index in [2.05, 4.69) is 4.99 Å². The molecule has 0 amide bonds. The molecule has 0 saturated heterocycles. The second kappa shape index (κ2) is 5.86. The number of rotatable bonds is 2. The van der Waals surface area contributed by atoms with Crippen molar-refractivity contribution in [3.8, 4) is 11.6 Å². The molecule has 0 bridgehead atoms. The van der Waals surface area contributed by atoms with E-state index in [1.165, 1.54) is 4.57 Å². The molecule has 1 N–H and O–H groups in total. The fraction of sp³-hybridized carbons (Fsp3) is 0.100. The van der Waals surface area contributed by atoms with Crippen LogP contribution in [0.3, 0.4) is 0 Å². The van der Waals surface area contributed by atoms with Gasteiger partial charge in [-0.1, -0.05) is 41.7 Å². The van der Waals surface area contributed by atoms with E-state index >= 15 is 0 Å². The van der Waals surface area contributed by atoms with Gasteiger partial charge in [-0.15, -0.1) is 0 Å². The Kier molecular flexibility index (Phi) is 3.66. The molecule has 4 nitrogen and oxygen atoms in total. The summed E-state index contributed by atoms with van der Waals surface area (Å²) >= 11 is 1.03. The zero-order valence-electron chi connectivity index (χ0n) is 13.9. The Hall–Kier alpha value is -2.92. The number of aryl methyl sites for hydroxylation is 1. The second-order valence-corrected chi connectivity index (χ2v) is 6.98. The third-order valence-electron chi connectivity index (χ3n) is 4.47. The smallest absolute Gasteiger partial charge is 0.315 e. The molecule has 5 heteroatoms. The molecule has 0 spiro atoms. The van der Waals surface area contributed by atoms with Crippen LogP contribution in [0.5, 0.6) is 5.88 Å². The fourth-order valence-electron chi connectivity index (χ4n) is 2.96. The van der Waals surface area contributed by atoms with Crippen molar-refractivity contribution >= 4 is 34.9 Å². The third kappa shape index (κ3) is 2.53. The molecule has 124 valence electrons. The number of aliphatic imine (C=N–C) groups is 1. The minimum atomic E-state index is -0.207. The normalized spacial score (nSPS) is 14.2. The number of benzene rings is 2. The van der Waals surface area contributed by atoms with Gasteiger partial charge in [-0.2, -0.15) is 0 Å².